The molecule has 2 heteroatoms. The van der Waals surface area contributed by atoms with E-state index in [1.807, 2.05) is 12.1 Å². The number of benzene rings is 7. The normalized spacial score (nSPS) is 11.8. The van der Waals surface area contributed by atoms with Crippen LogP contribution in [0.5, 0.6) is 0 Å². The highest BCUT2D eigenvalue weighted by atomic mass is 28.3. The summed E-state index contributed by atoms with van der Waals surface area (Å²) >= 11 is 0. The molecule has 7 aromatic carbocycles. The molecule has 0 spiro atoms. The van der Waals surface area contributed by atoms with Crippen molar-refractivity contribution in [1.29, 1.82) is 0 Å². The summed E-state index contributed by atoms with van der Waals surface area (Å²) in [6.07, 6.45) is 0. The van der Waals surface area contributed by atoms with Crippen molar-refractivity contribution in [2.75, 3.05) is 0 Å². The highest BCUT2D eigenvalue weighted by Gasteiger charge is 2.41. The molecule has 0 N–H and O–H groups in total. The van der Waals surface area contributed by atoms with Crippen molar-refractivity contribution in [3.63, 3.8) is 0 Å². The SMILES string of the molecule is c1ccc([Si](c2ccccc2)(c2ccccc2)c2ccc3cc(-c4ccc5oc6ccccc6c5c4)ccc3c2)cc1. The number of hydrogen-bond donors (Lipinski definition) is 0. The Morgan fingerprint density at radius 2 is 0.833 bits per heavy atom. The van der Waals surface area contributed by atoms with Crippen molar-refractivity contribution < 1.29 is 4.42 Å². The minimum atomic E-state index is -2.55. The van der Waals surface area contributed by atoms with E-state index in [9.17, 15) is 0 Å². The van der Waals surface area contributed by atoms with Gasteiger partial charge in [-0.05, 0) is 66.9 Å². The van der Waals surface area contributed by atoms with E-state index in [2.05, 4.69) is 158 Å². The Balaban J connectivity index is 1.31. The summed E-state index contributed by atoms with van der Waals surface area (Å²) in [4.78, 5) is 0. The molecule has 0 aliphatic heterocycles. The Kier molecular flexibility index (Phi) is 5.87. The summed E-state index contributed by atoms with van der Waals surface area (Å²) in [5, 5.41) is 10.4. The van der Waals surface area contributed by atoms with Crippen LogP contribution in [0.3, 0.4) is 0 Å². The second-order valence-corrected chi connectivity index (χ2v) is 14.7. The largest absolute Gasteiger partial charge is 0.456 e. The predicted molar refractivity (Wildman–Crippen MR) is 180 cm³/mol. The first-order valence-electron chi connectivity index (χ1n) is 14.4. The molecule has 0 bridgehead atoms. The molecule has 0 saturated heterocycles. The number of furan rings is 1. The first kappa shape index (κ1) is 24.6. The van der Waals surface area contributed by atoms with Gasteiger partial charge in [0.1, 0.15) is 11.2 Å². The molecule has 1 nitrogen and oxygen atoms in total. The molecule has 0 saturated carbocycles. The van der Waals surface area contributed by atoms with E-state index in [1.165, 1.54) is 42.6 Å². The van der Waals surface area contributed by atoms with Crippen molar-refractivity contribution in [1.82, 2.24) is 0 Å². The van der Waals surface area contributed by atoms with Gasteiger partial charge in [0, 0.05) is 10.8 Å². The summed E-state index contributed by atoms with van der Waals surface area (Å²) in [5.74, 6) is 0. The molecule has 1 heterocycles. The van der Waals surface area contributed by atoms with Gasteiger partial charge in [-0.3, -0.25) is 0 Å². The van der Waals surface area contributed by atoms with Crippen molar-refractivity contribution >= 4 is 61.5 Å². The van der Waals surface area contributed by atoms with E-state index in [0.717, 1.165) is 21.9 Å². The summed E-state index contributed by atoms with van der Waals surface area (Å²) < 4.78 is 6.07. The van der Waals surface area contributed by atoms with Crippen LogP contribution < -0.4 is 20.7 Å². The average molecular weight is 553 g/mol. The molecule has 8 rings (SSSR count). The van der Waals surface area contributed by atoms with Gasteiger partial charge in [-0.2, -0.15) is 0 Å². The van der Waals surface area contributed by atoms with Gasteiger partial charge in [0.05, 0.1) is 0 Å². The van der Waals surface area contributed by atoms with Gasteiger partial charge in [0.15, 0.2) is 8.07 Å². The van der Waals surface area contributed by atoms with E-state index < -0.39 is 8.07 Å². The zero-order chi connectivity index (χ0) is 27.9. The second kappa shape index (κ2) is 10.0. The molecular weight excluding hydrogens is 525 g/mol. The van der Waals surface area contributed by atoms with Gasteiger partial charge in [-0.1, -0.05) is 146 Å². The van der Waals surface area contributed by atoms with Crippen molar-refractivity contribution in [3.05, 3.63) is 170 Å². The Bertz CT molecular complexity index is 2080. The van der Waals surface area contributed by atoms with Gasteiger partial charge in [0.25, 0.3) is 0 Å². The summed E-state index contributed by atoms with van der Waals surface area (Å²) in [7, 11) is -2.55. The zero-order valence-electron chi connectivity index (χ0n) is 23.1. The van der Waals surface area contributed by atoms with Crippen LogP contribution >= 0.6 is 0 Å². The maximum absolute atomic E-state index is 6.07. The second-order valence-electron chi connectivity index (χ2n) is 10.9. The topological polar surface area (TPSA) is 13.1 Å². The first-order valence-corrected chi connectivity index (χ1v) is 16.4. The number of para-hydroxylation sites is 1. The Labute approximate surface area is 246 Å². The monoisotopic (exact) mass is 552 g/mol. The molecule has 0 amide bonds. The molecule has 1 aromatic heterocycles. The van der Waals surface area contributed by atoms with E-state index in [1.54, 1.807) is 0 Å². The van der Waals surface area contributed by atoms with Crippen molar-refractivity contribution in [2.24, 2.45) is 0 Å². The zero-order valence-corrected chi connectivity index (χ0v) is 24.1. The molecular formula is C40H28OSi. The lowest BCUT2D eigenvalue weighted by atomic mass is 9.99. The number of hydrogen-bond acceptors (Lipinski definition) is 1. The summed E-state index contributed by atoms with van der Waals surface area (Å²) in [5.41, 5.74) is 4.26. The average Bonchev–Trinajstić information content (AvgIpc) is 3.44. The summed E-state index contributed by atoms with van der Waals surface area (Å²) in [6, 6.07) is 62.1. The van der Waals surface area contributed by atoms with Gasteiger partial charge >= 0.3 is 0 Å². The molecule has 0 atom stereocenters. The smallest absolute Gasteiger partial charge is 0.179 e. The summed E-state index contributed by atoms with van der Waals surface area (Å²) in [6.45, 7) is 0. The molecule has 198 valence electrons. The third-order valence-corrected chi connectivity index (χ3v) is 13.4. The maximum atomic E-state index is 6.07. The lowest BCUT2D eigenvalue weighted by Crippen LogP contribution is -2.74. The number of fused-ring (bicyclic) bond motifs is 4. The molecule has 0 unspecified atom stereocenters. The minimum absolute atomic E-state index is 0.925. The highest BCUT2D eigenvalue weighted by Crippen LogP contribution is 2.33. The molecule has 0 radical (unpaired) electrons. The number of rotatable bonds is 5. The van der Waals surface area contributed by atoms with Crippen LogP contribution in [-0.4, -0.2) is 8.07 Å². The third-order valence-electron chi connectivity index (χ3n) is 8.60. The Morgan fingerprint density at radius 3 is 1.50 bits per heavy atom. The van der Waals surface area contributed by atoms with Crippen molar-refractivity contribution in [3.8, 4) is 11.1 Å². The van der Waals surface area contributed by atoms with Crippen LogP contribution in [0.2, 0.25) is 0 Å². The fourth-order valence-corrected chi connectivity index (χ4v) is 11.4. The van der Waals surface area contributed by atoms with Crippen LogP contribution in [0.4, 0.5) is 0 Å². The third kappa shape index (κ3) is 3.92. The van der Waals surface area contributed by atoms with E-state index >= 15 is 0 Å². The highest BCUT2D eigenvalue weighted by molar-refractivity contribution is 7.20. The van der Waals surface area contributed by atoms with E-state index in [0.29, 0.717) is 0 Å². The lowest BCUT2D eigenvalue weighted by molar-refractivity contribution is 0.669. The Hall–Kier alpha value is -5.18. The molecule has 8 aromatic rings. The fraction of sp³-hybridized carbons (Fsp3) is 0. The first-order chi connectivity index (χ1) is 20.8. The van der Waals surface area contributed by atoms with Crippen LogP contribution in [-0.2, 0) is 0 Å². The quantitative estimate of drug-likeness (QED) is 0.157. The van der Waals surface area contributed by atoms with Crippen LogP contribution in [0.1, 0.15) is 0 Å². The van der Waals surface area contributed by atoms with Gasteiger partial charge in [0.2, 0.25) is 0 Å². The molecule has 0 fully saturated rings. The molecule has 42 heavy (non-hydrogen) atoms. The van der Waals surface area contributed by atoms with E-state index in [-0.39, 0.29) is 0 Å². The van der Waals surface area contributed by atoms with Crippen LogP contribution in [0, 0.1) is 0 Å². The minimum Gasteiger partial charge on any atom is -0.456 e. The molecule has 0 aliphatic carbocycles. The lowest BCUT2D eigenvalue weighted by Gasteiger charge is -2.34. The molecule has 0 aliphatic rings. The van der Waals surface area contributed by atoms with E-state index in [4.69, 9.17) is 4.42 Å². The van der Waals surface area contributed by atoms with Gasteiger partial charge in [-0.15, -0.1) is 0 Å². The fourth-order valence-electron chi connectivity index (χ4n) is 6.63. The van der Waals surface area contributed by atoms with Crippen LogP contribution in [0.25, 0.3) is 43.8 Å². The standard InChI is InChI=1S/C40H28OSi/c1-4-12-33(13-5-1)42(34-14-6-2-7-15-34,35-16-8-3-9-17-35)36-24-22-30-26-29(20-21-31(30)27-36)32-23-25-40-38(28-32)37-18-10-11-19-39(37)41-40/h1-28H. The van der Waals surface area contributed by atoms with Gasteiger partial charge < -0.3 is 4.42 Å². The Morgan fingerprint density at radius 1 is 0.333 bits per heavy atom. The van der Waals surface area contributed by atoms with Crippen molar-refractivity contribution in [2.45, 2.75) is 0 Å². The maximum Gasteiger partial charge on any atom is 0.179 e. The van der Waals surface area contributed by atoms with Gasteiger partial charge in [-0.25, -0.2) is 0 Å². The van der Waals surface area contributed by atoms with Crippen LogP contribution in [0.15, 0.2) is 174 Å². The predicted octanol–water partition coefficient (Wildman–Crippen LogP) is 7.78.